The molecule has 2 aromatic carbocycles. The number of piperazine rings is 1. The van der Waals surface area contributed by atoms with E-state index in [4.69, 9.17) is 5.26 Å². The smallest absolute Gasteiger partial charge is 0.230 e. The molecule has 0 radical (unpaired) electrons. The highest BCUT2D eigenvalue weighted by Gasteiger charge is 2.21. The summed E-state index contributed by atoms with van der Waals surface area (Å²) >= 11 is 1.60. The lowest BCUT2D eigenvalue weighted by Crippen LogP contribution is -2.48. The van der Waals surface area contributed by atoms with Crippen LogP contribution in [0.5, 0.6) is 0 Å². The van der Waals surface area contributed by atoms with Crippen LogP contribution in [0.3, 0.4) is 0 Å². The van der Waals surface area contributed by atoms with Gasteiger partial charge in [0.2, 0.25) is 5.91 Å². The molecule has 5 nitrogen and oxygen atoms in total. The predicted octanol–water partition coefficient (Wildman–Crippen LogP) is 2.90. The number of hydrogen-bond acceptors (Lipinski definition) is 5. The Bertz CT molecular complexity index is 811. The van der Waals surface area contributed by atoms with Crippen molar-refractivity contribution >= 4 is 17.7 Å². The Morgan fingerprint density at radius 3 is 2.45 bits per heavy atom. The summed E-state index contributed by atoms with van der Waals surface area (Å²) in [6.07, 6.45) is 0. The maximum Gasteiger partial charge on any atom is 0.230 e. The van der Waals surface area contributed by atoms with Crippen LogP contribution in [-0.2, 0) is 10.5 Å². The van der Waals surface area contributed by atoms with Crippen LogP contribution in [0.2, 0.25) is 0 Å². The number of nitriles is 1. The first-order chi connectivity index (χ1) is 14.1. The van der Waals surface area contributed by atoms with E-state index in [-0.39, 0.29) is 11.9 Å². The van der Waals surface area contributed by atoms with E-state index in [0.717, 1.165) is 49.6 Å². The van der Waals surface area contributed by atoms with Crippen LogP contribution in [0.4, 0.5) is 0 Å². The Hall–Kier alpha value is -2.33. The molecule has 2 aromatic rings. The highest BCUT2D eigenvalue weighted by molar-refractivity contribution is 7.99. The summed E-state index contributed by atoms with van der Waals surface area (Å²) in [6.45, 7) is 5.03. The summed E-state index contributed by atoms with van der Waals surface area (Å²) in [7, 11) is 2.15. The van der Waals surface area contributed by atoms with Gasteiger partial charge in [-0.3, -0.25) is 9.69 Å². The number of carbonyl (C=O) groups excluding carboxylic acids is 1. The van der Waals surface area contributed by atoms with Gasteiger partial charge in [-0.05, 0) is 30.3 Å². The van der Waals surface area contributed by atoms with E-state index in [9.17, 15) is 4.79 Å². The lowest BCUT2D eigenvalue weighted by Gasteiger charge is -2.35. The zero-order chi connectivity index (χ0) is 20.5. The van der Waals surface area contributed by atoms with E-state index in [1.807, 2.05) is 42.5 Å². The number of nitrogens with zero attached hydrogens (tertiary/aromatic N) is 3. The molecule has 0 saturated carbocycles. The minimum Gasteiger partial charge on any atom is -0.347 e. The van der Waals surface area contributed by atoms with E-state index in [1.54, 1.807) is 11.8 Å². The summed E-state index contributed by atoms with van der Waals surface area (Å²) < 4.78 is 0. The van der Waals surface area contributed by atoms with E-state index < -0.39 is 0 Å². The molecule has 1 aliphatic rings. The molecule has 0 aliphatic carbocycles. The monoisotopic (exact) mass is 408 g/mol. The maximum absolute atomic E-state index is 12.6. The van der Waals surface area contributed by atoms with Crippen molar-refractivity contribution in [3.63, 3.8) is 0 Å². The first-order valence-corrected chi connectivity index (χ1v) is 11.1. The molecule has 29 heavy (non-hydrogen) atoms. The fourth-order valence-electron chi connectivity index (χ4n) is 3.38. The molecule has 0 aromatic heterocycles. The topological polar surface area (TPSA) is 59.4 Å². The number of amides is 1. The number of nitrogens with one attached hydrogen (secondary N) is 1. The van der Waals surface area contributed by atoms with Crippen molar-refractivity contribution in [3.05, 3.63) is 71.3 Å². The molecule has 1 atom stereocenters. The number of rotatable bonds is 8. The summed E-state index contributed by atoms with van der Waals surface area (Å²) in [5.41, 5.74) is 2.93. The number of thioether (sulfide) groups is 1. The van der Waals surface area contributed by atoms with E-state index in [1.165, 1.54) is 0 Å². The summed E-state index contributed by atoms with van der Waals surface area (Å²) in [5, 5.41) is 12.1. The first kappa shape index (κ1) is 21.4. The van der Waals surface area contributed by atoms with Gasteiger partial charge in [-0.1, -0.05) is 42.5 Å². The maximum atomic E-state index is 12.6. The van der Waals surface area contributed by atoms with Crippen LogP contribution in [0.1, 0.15) is 22.7 Å². The second-order valence-corrected chi connectivity index (χ2v) is 8.42. The van der Waals surface area contributed by atoms with Gasteiger partial charge in [0.1, 0.15) is 0 Å². The summed E-state index contributed by atoms with van der Waals surface area (Å²) in [6, 6.07) is 19.9. The van der Waals surface area contributed by atoms with Crippen molar-refractivity contribution in [2.75, 3.05) is 45.5 Å². The van der Waals surface area contributed by atoms with Gasteiger partial charge < -0.3 is 10.2 Å². The second kappa shape index (κ2) is 11.0. The third kappa shape index (κ3) is 6.90. The fraction of sp³-hybridized carbons (Fsp3) is 0.391. The van der Waals surface area contributed by atoms with Gasteiger partial charge in [-0.25, -0.2) is 0 Å². The molecule has 1 saturated heterocycles. The normalized spacial score (nSPS) is 16.1. The van der Waals surface area contributed by atoms with Crippen LogP contribution in [0.25, 0.3) is 0 Å². The zero-order valence-corrected chi connectivity index (χ0v) is 17.7. The molecule has 1 aliphatic heterocycles. The summed E-state index contributed by atoms with van der Waals surface area (Å²) in [5.74, 6) is 1.24. The Morgan fingerprint density at radius 2 is 1.79 bits per heavy atom. The molecule has 1 heterocycles. The molecule has 152 valence electrons. The SMILES string of the molecule is CN1CCN(CC(NC(=O)CSCc2ccc(C#N)cc2)c2ccccc2)CC1. The molecule has 1 unspecified atom stereocenters. The van der Waals surface area contributed by atoms with Gasteiger partial charge in [0.05, 0.1) is 23.4 Å². The molecule has 0 spiro atoms. The molecule has 0 bridgehead atoms. The average molecular weight is 409 g/mol. The van der Waals surface area contributed by atoms with Crippen LogP contribution < -0.4 is 5.32 Å². The molecule has 1 amide bonds. The fourth-order valence-corrected chi connectivity index (χ4v) is 4.18. The quantitative estimate of drug-likeness (QED) is 0.728. The molecule has 1 fully saturated rings. The van der Waals surface area contributed by atoms with Crippen molar-refractivity contribution in [3.8, 4) is 6.07 Å². The van der Waals surface area contributed by atoms with Gasteiger partial charge in [-0.2, -0.15) is 5.26 Å². The Kier molecular flexibility index (Phi) is 8.12. The number of carbonyl (C=O) groups is 1. The molecular weight excluding hydrogens is 380 g/mol. The minimum atomic E-state index is 0.00242. The minimum absolute atomic E-state index is 0.00242. The lowest BCUT2D eigenvalue weighted by molar-refractivity contribution is -0.119. The Labute approximate surface area is 177 Å². The highest BCUT2D eigenvalue weighted by Crippen LogP contribution is 2.17. The summed E-state index contributed by atoms with van der Waals surface area (Å²) in [4.78, 5) is 17.4. The Balaban J connectivity index is 1.52. The van der Waals surface area contributed by atoms with Gasteiger partial charge in [0.15, 0.2) is 0 Å². The van der Waals surface area contributed by atoms with Crippen LogP contribution in [0, 0.1) is 11.3 Å². The zero-order valence-electron chi connectivity index (χ0n) is 16.9. The van der Waals surface area contributed by atoms with Gasteiger partial charge in [0.25, 0.3) is 0 Å². The van der Waals surface area contributed by atoms with E-state index in [2.05, 4.69) is 40.4 Å². The number of likely N-dealkylation sites (N-methyl/N-ethyl adjacent to an activating group) is 1. The van der Waals surface area contributed by atoms with Gasteiger partial charge in [0, 0.05) is 38.5 Å². The van der Waals surface area contributed by atoms with Crippen molar-refractivity contribution in [1.29, 1.82) is 5.26 Å². The van der Waals surface area contributed by atoms with Crippen molar-refractivity contribution < 1.29 is 4.79 Å². The average Bonchev–Trinajstić information content (AvgIpc) is 2.76. The molecular formula is C23H28N4OS. The Morgan fingerprint density at radius 1 is 1.10 bits per heavy atom. The highest BCUT2D eigenvalue weighted by atomic mass is 32.2. The standard InChI is InChI=1S/C23H28N4OS/c1-26-11-13-27(14-12-26)16-22(21-5-3-2-4-6-21)25-23(28)18-29-17-20-9-7-19(15-24)8-10-20/h2-10,22H,11-14,16-18H2,1H3,(H,25,28). The van der Waals surface area contributed by atoms with E-state index in [0.29, 0.717) is 11.3 Å². The van der Waals surface area contributed by atoms with Crippen molar-refractivity contribution in [1.82, 2.24) is 15.1 Å². The third-order valence-corrected chi connectivity index (χ3v) is 6.16. The molecule has 6 heteroatoms. The van der Waals surface area contributed by atoms with Crippen molar-refractivity contribution in [2.45, 2.75) is 11.8 Å². The van der Waals surface area contributed by atoms with Crippen LogP contribution in [-0.4, -0.2) is 61.2 Å². The number of benzene rings is 2. The van der Waals surface area contributed by atoms with Gasteiger partial charge in [-0.15, -0.1) is 11.8 Å². The lowest BCUT2D eigenvalue weighted by atomic mass is 10.1. The van der Waals surface area contributed by atoms with Crippen LogP contribution >= 0.6 is 11.8 Å². The third-order valence-electron chi connectivity index (χ3n) is 5.16. The first-order valence-electron chi connectivity index (χ1n) is 9.96. The largest absolute Gasteiger partial charge is 0.347 e. The van der Waals surface area contributed by atoms with E-state index >= 15 is 0 Å². The second-order valence-electron chi connectivity index (χ2n) is 7.44. The molecule has 3 rings (SSSR count). The van der Waals surface area contributed by atoms with Crippen molar-refractivity contribution in [2.24, 2.45) is 0 Å². The predicted molar refractivity (Wildman–Crippen MR) is 119 cm³/mol. The molecule has 1 N–H and O–H groups in total. The van der Waals surface area contributed by atoms with Crippen LogP contribution in [0.15, 0.2) is 54.6 Å². The number of hydrogen-bond donors (Lipinski definition) is 1. The van der Waals surface area contributed by atoms with Gasteiger partial charge >= 0.3 is 0 Å².